The van der Waals surface area contributed by atoms with Crippen LogP contribution in [0.4, 0.5) is 0 Å². The van der Waals surface area contributed by atoms with E-state index < -0.39 is 0 Å². The normalized spacial score (nSPS) is 10.3. The molecule has 1 aromatic carbocycles. The monoisotopic (exact) mass is 271 g/mol. The summed E-state index contributed by atoms with van der Waals surface area (Å²) in [7, 11) is 0. The zero-order valence-electron chi connectivity index (χ0n) is 11.6. The number of carbonyl (C=O) groups excluding carboxylic acids is 1. The van der Waals surface area contributed by atoms with Crippen molar-refractivity contribution in [1.82, 2.24) is 0 Å². The third-order valence-corrected chi connectivity index (χ3v) is 3.70. The Morgan fingerprint density at radius 1 is 0.905 bits per heavy atom. The highest BCUT2D eigenvalue weighted by Gasteiger charge is 2.24. The van der Waals surface area contributed by atoms with E-state index in [1.807, 2.05) is 55.5 Å². The lowest BCUT2D eigenvalue weighted by Crippen LogP contribution is -2.02. The van der Waals surface area contributed by atoms with Crippen LogP contribution in [0.5, 0.6) is 0 Å². The number of nitrogens with zero attached hydrogens (tertiary/aromatic N) is 1. The van der Waals surface area contributed by atoms with Crippen LogP contribution in [-0.4, -0.2) is 5.78 Å². The highest BCUT2D eigenvalue weighted by molar-refractivity contribution is 6.15. The van der Waals surface area contributed by atoms with Gasteiger partial charge in [-0.05, 0) is 18.1 Å². The highest BCUT2D eigenvalue weighted by Crippen LogP contribution is 2.36. The van der Waals surface area contributed by atoms with E-state index in [0.29, 0.717) is 16.7 Å². The van der Waals surface area contributed by atoms with Gasteiger partial charge >= 0.3 is 0 Å². The molecule has 100 valence electrons. The fourth-order valence-corrected chi connectivity index (χ4v) is 2.68. The van der Waals surface area contributed by atoms with Crippen molar-refractivity contribution < 1.29 is 4.79 Å². The second-order valence-corrected chi connectivity index (χ2v) is 4.92. The minimum Gasteiger partial charge on any atom is -0.289 e. The lowest BCUT2D eigenvalue weighted by atomic mass is 9.99. The number of benzene rings is 1. The molecule has 0 heterocycles. The Labute approximate surface area is 123 Å². The molecule has 0 saturated heterocycles. The zero-order valence-corrected chi connectivity index (χ0v) is 11.6. The number of ketones is 1. The van der Waals surface area contributed by atoms with Gasteiger partial charge in [0.15, 0.2) is 5.78 Å². The molecule has 0 unspecified atom stereocenters. The van der Waals surface area contributed by atoms with Crippen LogP contribution < -0.4 is 0 Å². The van der Waals surface area contributed by atoms with Gasteiger partial charge in [-0.15, -0.1) is 0 Å². The third-order valence-electron chi connectivity index (χ3n) is 3.70. The van der Waals surface area contributed by atoms with Crippen LogP contribution in [-0.2, 0) is 0 Å². The Balaban J connectivity index is 2.28. The number of fused-ring (bicyclic) bond motifs is 1. The van der Waals surface area contributed by atoms with Gasteiger partial charge < -0.3 is 0 Å². The molecule has 0 atom stereocenters. The molecule has 0 aliphatic heterocycles. The van der Waals surface area contributed by atoms with E-state index in [2.05, 4.69) is 6.07 Å². The van der Waals surface area contributed by atoms with Crippen molar-refractivity contribution in [2.24, 2.45) is 0 Å². The highest BCUT2D eigenvalue weighted by atomic mass is 16.1. The summed E-state index contributed by atoms with van der Waals surface area (Å²) in [5.74, 6) is -0.0363. The Kier molecular flexibility index (Phi) is 3.25. The summed E-state index contributed by atoms with van der Waals surface area (Å²) in [4.78, 5) is 12.8. The van der Waals surface area contributed by atoms with Crippen molar-refractivity contribution in [2.75, 3.05) is 0 Å². The number of carbonyl (C=O) groups is 1. The summed E-state index contributed by atoms with van der Waals surface area (Å²) in [6.07, 6.45) is 0. The molecular weight excluding hydrogens is 258 g/mol. The standard InChI is InChI=1S/C19H13NO/c1-13-17(12-20)15-10-6-3-7-11-16(15)18(13)19(21)14-8-4-2-5-9-14/h2-11H,1H3. The Morgan fingerprint density at radius 2 is 1.48 bits per heavy atom. The van der Waals surface area contributed by atoms with E-state index in [1.165, 1.54) is 0 Å². The van der Waals surface area contributed by atoms with Gasteiger partial charge in [-0.25, -0.2) is 0 Å². The van der Waals surface area contributed by atoms with Crippen molar-refractivity contribution in [3.63, 3.8) is 0 Å². The Morgan fingerprint density at radius 3 is 2.10 bits per heavy atom. The van der Waals surface area contributed by atoms with Crippen LogP contribution in [0.15, 0.2) is 60.7 Å². The van der Waals surface area contributed by atoms with Crippen LogP contribution in [0.25, 0.3) is 11.1 Å². The van der Waals surface area contributed by atoms with E-state index in [-0.39, 0.29) is 5.78 Å². The van der Waals surface area contributed by atoms with Gasteiger partial charge in [-0.3, -0.25) is 4.79 Å². The molecule has 0 fully saturated rings. The Bertz CT molecular complexity index is 828. The molecule has 0 saturated carbocycles. The first kappa shape index (κ1) is 13.1. The minimum absolute atomic E-state index is 0.0363. The third kappa shape index (κ3) is 2.09. The molecule has 2 nitrogen and oxygen atoms in total. The van der Waals surface area contributed by atoms with Crippen molar-refractivity contribution >= 4 is 5.78 Å². The molecule has 21 heavy (non-hydrogen) atoms. The van der Waals surface area contributed by atoms with Crippen LogP contribution in [0, 0.1) is 18.3 Å². The molecule has 1 aromatic rings. The maximum atomic E-state index is 12.8. The average Bonchev–Trinajstić information content (AvgIpc) is 2.67. The second kappa shape index (κ2) is 5.22. The Hall–Kier alpha value is -2.92. The maximum absolute atomic E-state index is 12.8. The summed E-state index contributed by atoms with van der Waals surface area (Å²) < 4.78 is 0. The first-order valence-corrected chi connectivity index (χ1v) is 6.75. The smallest absolute Gasteiger partial charge is 0.193 e. The van der Waals surface area contributed by atoms with Crippen LogP contribution >= 0.6 is 0 Å². The predicted molar refractivity (Wildman–Crippen MR) is 82.4 cm³/mol. The van der Waals surface area contributed by atoms with Crippen molar-refractivity contribution in [3.8, 4) is 17.2 Å². The number of hydrogen-bond acceptors (Lipinski definition) is 2. The van der Waals surface area contributed by atoms with Gasteiger partial charge in [-0.1, -0.05) is 60.7 Å². The first-order valence-electron chi connectivity index (χ1n) is 6.75. The molecule has 3 rings (SSSR count). The molecule has 0 bridgehead atoms. The molecule has 2 heteroatoms. The number of nitriles is 1. The molecule has 2 aliphatic rings. The fourth-order valence-electron chi connectivity index (χ4n) is 2.68. The van der Waals surface area contributed by atoms with Gasteiger partial charge in [0.2, 0.25) is 0 Å². The second-order valence-electron chi connectivity index (χ2n) is 4.92. The van der Waals surface area contributed by atoms with Gasteiger partial charge in [0.05, 0.1) is 5.56 Å². The van der Waals surface area contributed by atoms with E-state index in [0.717, 1.165) is 16.7 Å². The maximum Gasteiger partial charge on any atom is 0.193 e. The molecule has 0 N–H and O–H groups in total. The van der Waals surface area contributed by atoms with Gasteiger partial charge in [0.25, 0.3) is 0 Å². The van der Waals surface area contributed by atoms with Crippen molar-refractivity contribution in [2.45, 2.75) is 6.92 Å². The molecule has 2 aliphatic carbocycles. The van der Waals surface area contributed by atoms with Crippen LogP contribution in [0.1, 0.15) is 27.0 Å². The first-order chi connectivity index (χ1) is 10.2. The lowest BCUT2D eigenvalue weighted by molar-refractivity contribution is 0.103. The quantitative estimate of drug-likeness (QED) is 0.655. The average molecular weight is 271 g/mol. The predicted octanol–water partition coefficient (Wildman–Crippen LogP) is 4.20. The van der Waals surface area contributed by atoms with Gasteiger partial charge in [0.1, 0.15) is 6.07 Å². The van der Waals surface area contributed by atoms with Gasteiger partial charge in [0, 0.05) is 16.7 Å². The summed E-state index contributed by atoms with van der Waals surface area (Å²) in [6, 6.07) is 20.9. The topological polar surface area (TPSA) is 40.9 Å². The molecule has 0 aromatic heterocycles. The summed E-state index contributed by atoms with van der Waals surface area (Å²) >= 11 is 0. The molecule has 0 spiro atoms. The van der Waals surface area contributed by atoms with Crippen molar-refractivity contribution in [1.29, 1.82) is 5.26 Å². The van der Waals surface area contributed by atoms with E-state index in [1.54, 1.807) is 12.1 Å². The summed E-state index contributed by atoms with van der Waals surface area (Å²) in [5, 5.41) is 9.40. The van der Waals surface area contributed by atoms with E-state index in [9.17, 15) is 10.1 Å². The van der Waals surface area contributed by atoms with E-state index >= 15 is 0 Å². The fraction of sp³-hybridized carbons (Fsp3) is 0.0526. The molecule has 0 amide bonds. The SMILES string of the molecule is Cc1c(C#N)c2cccccc-2c1C(=O)c1ccccc1. The largest absolute Gasteiger partial charge is 0.289 e. The molecular formula is C19H13NO. The summed E-state index contributed by atoms with van der Waals surface area (Å²) in [6.45, 7) is 1.84. The van der Waals surface area contributed by atoms with Crippen LogP contribution in [0.2, 0.25) is 0 Å². The number of hydrogen-bond donors (Lipinski definition) is 0. The molecule has 0 radical (unpaired) electrons. The summed E-state index contributed by atoms with van der Waals surface area (Å²) in [5.41, 5.74) is 4.28. The number of rotatable bonds is 2. The van der Waals surface area contributed by atoms with Crippen LogP contribution in [0.3, 0.4) is 0 Å². The zero-order chi connectivity index (χ0) is 14.8. The van der Waals surface area contributed by atoms with Gasteiger partial charge in [-0.2, -0.15) is 5.26 Å². The lowest BCUT2D eigenvalue weighted by Gasteiger charge is -2.03. The van der Waals surface area contributed by atoms with Crippen molar-refractivity contribution in [3.05, 3.63) is 82.9 Å². The van der Waals surface area contributed by atoms with E-state index in [4.69, 9.17) is 0 Å². The minimum atomic E-state index is -0.0363.